The first-order valence-corrected chi connectivity index (χ1v) is 9.84. The van der Waals surface area contributed by atoms with Crippen LogP contribution in [-0.2, 0) is 19.3 Å². The van der Waals surface area contributed by atoms with Crippen LogP contribution in [0.5, 0.6) is 0 Å². The molecule has 0 amide bonds. The van der Waals surface area contributed by atoms with Gasteiger partial charge in [0.15, 0.2) is 0 Å². The van der Waals surface area contributed by atoms with E-state index in [1.165, 1.54) is 11.3 Å². The molecule has 1 aliphatic heterocycles. The summed E-state index contributed by atoms with van der Waals surface area (Å²) in [5.74, 6) is 0. The van der Waals surface area contributed by atoms with Crippen LogP contribution in [0.3, 0.4) is 0 Å². The minimum atomic E-state index is -3.49. The standard InChI is InChI=1S/C14H25BN2O4S2/c1-13(2)14(3,4)21-15(20-13)11-7-8-12(22-11)23(18,19)16-9-10-17(5)6/h7-8,16H,9-10H2,1-6H3. The largest absolute Gasteiger partial charge is 0.505 e. The Bertz CT molecular complexity index is 639. The minimum absolute atomic E-state index is 0.279. The SMILES string of the molecule is CN(C)CCNS(=O)(=O)c1ccc(B2OC(C)(C)C(C)(C)O2)s1. The van der Waals surface area contributed by atoms with Crippen LogP contribution < -0.4 is 9.50 Å². The number of nitrogens with one attached hydrogen (secondary N) is 1. The molecule has 1 fully saturated rings. The Hall–Kier alpha value is -0.445. The second-order valence-corrected chi connectivity index (χ2v) is 10.1. The molecule has 0 radical (unpaired) electrons. The molecule has 0 saturated carbocycles. The van der Waals surface area contributed by atoms with Crippen molar-refractivity contribution < 1.29 is 17.7 Å². The second kappa shape index (κ2) is 6.46. The van der Waals surface area contributed by atoms with E-state index in [9.17, 15) is 8.42 Å². The summed E-state index contributed by atoms with van der Waals surface area (Å²) in [5, 5.41) is 0. The van der Waals surface area contributed by atoms with Crippen LogP contribution in [0.4, 0.5) is 0 Å². The quantitative estimate of drug-likeness (QED) is 0.763. The molecule has 0 aliphatic carbocycles. The topological polar surface area (TPSA) is 67.9 Å². The summed E-state index contributed by atoms with van der Waals surface area (Å²) in [6, 6.07) is 3.36. The van der Waals surface area contributed by atoms with Gasteiger partial charge < -0.3 is 14.2 Å². The third kappa shape index (κ3) is 4.15. The van der Waals surface area contributed by atoms with E-state index < -0.39 is 28.3 Å². The van der Waals surface area contributed by atoms with Crippen molar-refractivity contribution in [2.75, 3.05) is 27.2 Å². The highest BCUT2D eigenvalue weighted by Crippen LogP contribution is 2.37. The van der Waals surface area contributed by atoms with Gasteiger partial charge in [0.05, 0.1) is 11.2 Å². The van der Waals surface area contributed by atoms with E-state index in [4.69, 9.17) is 9.31 Å². The third-order valence-electron chi connectivity index (χ3n) is 4.20. The lowest BCUT2D eigenvalue weighted by Crippen LogP contribution is -2.41. The van der Waals surface area contributed by atoms with Crippen LogP contribution in [0, 0.1) is 0 Å². The van der Waals surface area contributed by atoms with E-state index in [-0.39, 0.29) is 4.21 Å². The van der Waals surface area contributed by atoms with E-state index in [0.717, 1.165) is 4.78 Å². The predicted octanol–water partition coefficient (Wildman–Crippen LogP) is 0.887. The second-order valence-electron chi connectivity index (χ2n) is 6.95. The number of thiophene rings is 1. The number of sulfonamides is 1. The molecule has 1 aliphatic rings. The van der Waals surface area contributed by atoms with Crippen molar-refractivity contribution in [3.63, 3.8) is 0 Å². The van der Waals surface area contributed by atoms with Gasteiger partial charge in [-0.3, -0.25) is 0 Å². The highest BCUT2D eigenvalue weighted by Gasteiger charge is 2.52. The number of nitrogens with zero attached hydrogens (tertiary/aromatic N) is 1. The van der Waals surface area contributed by atoms with Gasteiger partial charge in [-0.2, -0.15) is 0 Å². The Morgan fingerprint density at radius 2 is 1.74 bits per heavy atom. The fourth-order valence-electron chi connectivity index (χ4n) is 2.04. The van der Waals surface area contributed by atoms with Gasteiger partial charge in [-0.25, -0.2) is 13.1 Å². The van der Waals surface area contributed by atoms with Crippen molar-refractivity contribution in [3.05, 3.63) is 12.1 Å². The predicted molar refractivity (Wildman–Crippen MR) is 93.8 cm³/mol. The Labute approximate surface area is 143 Å². The zero-order valence-electron chi connectivity index (χ0n) is 14.5. The van der Waals surface area contributed by atoms with Gasteiger partial charge in [-0.05, 0) is 47.9 Å². The molecule has 0 spiro atoms. The van der Waals surface area contributed by atoms with Gasteiger partial charge in [0.1, 0.15) is 4.21 Å². The molecule has 0 bridgehead atoms. The molecule has 23 heavy (non-hydrogen) atoms. The zero-order valence-corrected chi connectivity index (χ0v) is 16.2. The molecule has 1 aromatic rings. The van der Waals surface area contributed by atoms with Gasteiger partial charge in [-0.1, -0.05) is 6.07 Å². The first kappa shape index (κ1) is 18.9. The number of hydrogen-bond acceptors (Lipinski definition) is 6. The normalized spacial score (nSPS) is 20.4. The van der Waals surface area contributed by atoms with Crippen molar-refractivity contribution >= 4 is 33.3 Å². The average Bonchev–Trinajstić information content (AvgIpc) is 2.93. The molecule has 1 saturated heterocycles. The van der Waals surface area contributed by atoms with Crippen LogP contribution in [-0.4, -0.2) is 58.8 Å². The van der Waals surface area contributed by atoms with Gasteiger partial charge in [0.25, 0.3) is 0 Å². The molecule has 0 unspecified atom stereocenters. The van der Waals surface area contributed by atoms with Crippen molar-refractivity contribution in [1.29, 1.82) is 0 Å². The van der Waals surface area contributed by atoms with E-state index in [0.29, 0.717) is 13.1 Å². The summed E-state index contributed by atoms with van der Waals surface area (Å²) >= 11 is 1.18. The van der Waals surface area contributed by atoms with E-state index in [1.807, 2.05) is 46.7 Å². The van der Waals surface area contributed by atoms with Crippen molar-refractivity contribution in [1.82, 2.24) is 9.62 Å². The first-order valence-electron chi connectivity index (χ1n) is 7.54. The Kier molecular flexibility index (Phi) is 5.30. The van der Waals surface area contributed by atoms with E-state index in [1.54, 1.807) is 12.1 Å². The lowest BCUT2D eigenvalue weighted by atomic mass is 9.88. The molecule has 0 atom stereocenters. The minimum Gasteiger partial charge on any atom is -0.399 e. The summed E-state index contributed by atoms with van der Waals surface area (Å²) in [4.78, 5) is 1.92. The molecule has 9 heteroatoms. The fourth-order valence-corrected chi connectivity index (χ4v) is 4.39. The smallest absolute Gasteiger partial charge is 0.399 e. The maximum atomic E-state index is 12.3. The number of likely N-dealkylation sites (N-methyl/N-ethyl adjacent to an activating group) is 1. The molecule has 0 aromatic carbocycles. The molecule has 130 valence electrons. The molecule has 6 nitrogen and oxygen atoms in total. The zero-order chi connectivity index (χ0) is 17.5. The van der Waals surface area contributed by atoms with Crippen LogP contribution in [0.25, 0.3) is 0 Å². The highest BCUT2D eigenvalue weighted by atomic mass is 32.2. The lowest BCUT2D eigenvalue weighted by Gasteiger charge is -2.32. The Morgan fingerprint density at radius 1 is 1.17 bits per heavy atom. The summed E-state index contributed by atoms with van der Waals surface area (Å²) < 4.78 is 40.1. The third-order valence-corrected chi connectivity index (χ3v) is 7.26. The van der Waals surface area contributed by atoms with Crippen molar-refractivity contribution in [3.8, 4) is 0 Å². The Balaban J connectivity index is 2.09. The van der Waals surface area contributed by atoms with Crippen molar-refractivity contribution in [2.24, 2.45) is 0 Å². The monoisotopic (exact) mass is 360 g/mol. The van der Waals surface area contributed by atoms with E-state index in [2.05, 4.69) is 4.72 Å². The highest BCUT2D eigenvalue weighted by molar-refractivity contribution is 7.91. The Morgan fingerprint density at radius 3 is 2.26 bits per heavy atom. The maximum Gasteiger partial charge on any atom is 0.505 e. The first-order chi connectivity index (χ1) is 10.4. The fraction of sp³-hybridized carbons (Fsp3) is 0.714. The molecule has 1 aromatic heterocycles. The molecular weight excluding hydrogens is 335 g/mol. The average molecular weight is 360 g/mol. The molecule has 1 N–H and O–H groups in total. The van der Waals surface area contributed by atoms with Gasteiger partial charge in [0.2, 0.25) is 10.0 Å². The van der Waals surface area contributed by atoms with Gasteiger partial charge >= 0.3 is 7.12 Å². The van der Waals surface area contributed by atoms with Crippen LogP contribution in [0.1, 0.15) is 27.7 Å². The molecule has 2 heterocycles. The van der Waals surface area contributed by atoms with Gasteiger partial charge in [-0.15, -0.1) is 11.3 Å². The number of rotatable bonds is 6. The molecular formula is C14H25BN2O4S2. The summed E-state index contributed by atoms with van der Waals surface area (Å²) in [6.45, 7) is 8.91. The molecule has 2 rings (SSSR count). The van der Waals surface area contributed by atoms with E-state index >= 15 is 0 Å². The van der Waals surface area contributed by atoms with Crippen molar-refractivity contribution in [2.45, 2.75) is 43.1 Å². The summed E-state index contributed by atoms with van der Waals surface area (Å²) in [6.07, 6.45) is 0. The summed E-state index contributed by atoms with van der Waals surface area (Å²) in [5.41, 5.74) is -0.880. The lowest BCUT2D eigenvalue weighted by molar-refractivity contribution is 0.00578. The summed E-state index contributed by atoms with van der Waals surface area (Å²) in [7, 11) is -0.226. The maximum absolute atomic E-state index is 12.3. The van der Waals surface area contributed by atoms with Crippen LogP contribution in [0.15, 0.2) is 16.3 Å². The van der Waals surface area contributed by atoms with Crippen LogP contribution >= 0.6 is 11.3 Å². The van der Waals surface area contributed by atoms with Crippen LogP contribution in [0.2, 0.25) is 0 Å². The number of hydrogen-bond donors (Lipinski definition) is 1. The van der Waals surface area contributed by atoms with Gasteiger partial charge in [0, 0.05) is 17.9 Å².